The normalized spacial score (nSPS) is 17.6. The van der Waals surface area contributed by atoms with Gasteiger partial charge in [-0.1, -0.05) is 6.07 Å². The molecule has 2 aromatic rings. The van der Waals surface area contributed by atoms with Crippen molar-refractivity contribution in [2.24, 2.45) is 0 Å². The lowest BCUT2D eigenvalue weighted by atomic mass is 10.1. The second-order valence-electron chi connectivity index (χ2n) is 3.77. The first kappa shape index (κ1) is 10.5. The number of fused-ring (bicyclic) bond motifs is 1. The van der Waals surface area contributed by atoms with Gasteiger partial charge in [0.05, 0.1) is 0 Å². The molecule has 0 saturated carbocycles. The summed E-state index contributed by atoms with van der Waals surface area (Å²) >= 11 is 0. The van der Waals surface area contributed by atoms with E-state index >= 15 is 0 Å². The van der Waals surface area contributed by atoms with Gasteiger partial charge in [-0.3, -0.25) is 4.98 Å². The minimum atomic E-state index is -1.03. The molecule has 0 bridgehead atoms. The number of hydrogen-bond acceptors (Lipinski definition) is 5. The Bertz CT molecular complexity index is 619. The Morgan fingerprint density at radius 2 is 2.39 bits per heavy atom. The Balaban J connectivity index is 2.10. The molecule has 7 heteroatoms. The molecule has 0 aromatic carbocycles. The fourth-order valence-corrected chi connectivity index (χ4v) is 1.85. The van der Waals surface area contributed by atoms with E-state index in [9.17, 15) is 4.79 Å². The Kier molecular flexibility index (Phi) is 2.30. The van der Waals surface area contributed by atoms with Crippen LogP contribution in [0.3, 0.4) is 0 Å². The number of carboxylic acids is 1. The van der Waals surface area contributed by atoms with E-state index in [1.807, 2.05) is 6.07 Å². The van der Waals surface area contributed by atoms with Gasteiger partial charge in [-0.15, -0.1) is 0 Å². The quantitative estimate of drug-likeness (QED) is 0.804. The van der Waals surface area contributed by atoms with Crippen molar-refractivity contribution in [2.75, 3.05) is 5.32 Å². The van der Waals surface area contributed by atoms with Gasteiger partial charge in [0.15, 0.2) is 0 Å². The minimum absolute atomic E-state index is 0.0874. The summed E-state index contributed by atoms with van der Waals surface area (Å²) in [6.07, 6.45) is 6.30. The van der Waals surface area contributed by atoms with Gasteiger partial charge >= 0.3 is 5.97 Å². The highest BCUT2D eigenvalue weighted by Crippen LogP contribution is 2.27. The molecule has 1 unspecified atom stereocenters. The molecule has 1 aliphatic rings. The van der Waals surface area contributed by atoms with Gasteiger partial charge in [0.1, 0.15) is 18.1 Å². The lowest BCUT2D eigenvalue weighted by molar-refractivity contribution is -0.132. The number of pyridine rings is 1. The maximum absolute atomic E-state index is 11.1. The van der Waals surface area contributed by atoms with Gasteiger partial charge in [0, 0.05) is 12.4 Å². The first-order valence-corrected chi connectivity index (χ1v) is 5.27. The number of nitrogens with zero attached hydrogens (tertiary/aromatic N) is 4. The summed E-state index contributed by atoms with van der Waals surface area (Å²) in [6.45, 7) is 0. The molecule has 0 radical (unpaired) electrons. The van der Waals surface area contributed by atoms with Crippen LogP contribution in [0.25, 0.3) is 0 Å². The second kappa shape index (κ2) is 3.95. The van der Waals surface area contributed by atoms with Crippen LogP contribution in [-0.4, -0.2) is 30.8 Å². The molecule has 0 spiro atoms. The van der Waals surface area contributed by atoms with Gasteiger partial charge in [-0.05, 0) is 17.7 Å². The van der Waals surface area contributed by atoms with Crippen molar-refractivity contribution in [1.82, 2.24) is 19.7 Å². The van der Waals surface area contributed by atoms with Crippen LogP contribution >= 0.6 is 0 Å². The fourth-order valence-electron chi connectivity index (χ4n) is 1.85. The number of nitrogens with one attached hydrogen (secondary N) is 1. The molecule has 3 rings (SSSR count). The minimum Gasteiger partial charge on any atom is -0.477 e. The highest BCUT2D eigenvalue weighted by atomic mass is 16.4. The lowest BCUT2D eigenvalue weighted by Crippen LogP contribution is -2.24. The lowest BCUT2D eigenvalue weighted by Gasteiger charge is -2.22. The van der Waals surface area contributed by atoms with Crippen molar-refractivity contribution in [3.8, 4) is 0 Å². The Morgan fingerprint density at radius 1 is 1.50 bits per heavy atom. The van der Waals surface area contributed by atoms with Gasteiger partial charge in [0.2, 0.25) is 5.95 Å². The molecule has 3 heterocycles. The van der Waals surface area contributed by atoms with Gasteiger partial charge in [0.25, 0.3) is 0 Å². The van der Waals surface area contributed by atoms with Crippen LogP contribution < -0.4 is 5.32 Å². The highest BCUT2D eigenvalue weighted by molar-refractivity contribution is 5.90. The number of carboxylic acid groups (broad SMARTS) is 1. The smallest absolute Gasteiger partial charge is 0.352 e. The van der Waals surface area contributed by atoms with Crippen LogP contribution in [-0.2, 0) is 4.79 Å². The molecule has 2 aromatic heterocycles. The van der Waals surface area contributed by atoms with Gasteiger partial charge < -0.3 is 10.4 Å². The van der Waals surface area contributed by atoms with Crippen LogP contribution in [0.2, 0.25) is 0 Å². The molecule has 1 atom stereocenters. The number of anilines is 1. The molecular weight excluding hydrogens is 234 g/mol. The predicted octanol–water partition coefficient (Wildman–Crippen LogP) is 0.656. The van der Waals surface area contributed by atoms with Gasteiger partial charge in [-0.25, -0.2) is 9.48 Å². The number of aliphatic carboxylic acids is 1. The third-order valence-corrected chi connectivity index (χ3v) is 2.66. The zero-order valence-electron chi connectivity index (χ0n) is 9.19. The molecule has 18 heavy (non-hydrogen) atoms. The van der Waals surface area contributed by atoms with E-state index < -0.39 is 5.97 Å². The van der Waals surface area contributed by atoms with Crippen molar-refractivity contribution in [3.05, 3.63) is 48.2 Å². The molecule has 90 valence electrons. The number of hydrogen-bond donors (Lipinski definition) is 2. The van der Waals surface area contributed by atoms with Crippen molar-refractivity contribution in [1.29, 1.82) is 0 Å². The van der Waals surface area contributed by atoms with Crippen molar-refractivity contribution >= 4 is 11.9 Å². The standard InChI is InChI=1S/C11H9N5O2/c17-10(18)8-4-9(7-2-1-3-12-5-7)16-11(15-8)13-6-14-16/h1-6,9H,(H,17,18)(H,13,14,15). The molecule has 0 fully saturated rings. The first-order chi connectivity index (χ1) is 8.75. The third-order valence-electron chi connectivity index (χ3n) is 2.66. The van der Waals surface area contributed by atoms with Crippen LogP contribution in [0, 0.1) is 0 Å². The molecular formula is C11H9N5O2. The summed E-state index contributed by atoms with van der Waals surface area (Å²) in [5, 5.41) is 15.9. The predicted molar refractivity (Wildman–Crippen MR) is 61.7 cm³/mol. The van der Waals surface area contributed by atoms with E-state index in [-0.39, 0.29) is 11.7 Å². The summed E-state index contributed by atoms with van der Waals surface area (Å²) < 4.78 is 1.61. The maximum atomic E-state index is 11.1. The Morgan fingerprint density at radius 3 is 3.11 bits per heavy atom. The monoisotopic (exact) mass is 243 g/mol. The average Bonchev–Trinajstić information content (AvgIpc) is 2.86. The highest BCUT2D eigenvalue weighted by Gasteiger charge is 2.25. The van der Waals surface area contributed by atoms with Crippen molar-refractivity contribution in [2.45, 2.75) is 6.04 Å². The third kappa shape index (κ3) is 1.61. The fraction of sp³-hybridized carbons (Fsp3) is 0.0909. The van der Waals surface area contributed by atoms with E-state index in [0.29, 0.717) is 5.95 Å². The number of rotatable bonds is 2. The second-order valence-corrected chi connectivity index (χ2v) is 3.77. The first-order valence-electron chi connectivity index (χ1n) is 5.27. The van der Waals surface area contributed by atoms with E-state index in [1.54, 1.807) is 29.2 Å². The molecule has 0 saturated heterocycles. The Hall–Kier alpha value is -2.70. The molecule has 1 aliphatic heterocycles. The number of aromatic nitrogens is 4. The average molecular weight is 243 g/mol. The zero-order chi connectivity index (χ0) is 12.5. The topological polar surface area (TPSA) is 92.9 Å². The number of allylic oxidation sites excluding steroid dienone is 1. The van der Waals surface area contributed by atoms with Gasteiger partial charge in [-0.2, -0.15) is 10.1 Å². The largest absolute Gasteiger partial charge is 0.477 e. The zero-order valence-corrected chi connectivity index (χ0v) is 9.19. The summed E-state index contributed by atoms with van der Waals surface area (Å²) in [6, 6.07) is 3.34. The Labute approximate surface area is 102 Å². The summed E-state index contributed by atoms with van der Waals surface area (Å²) in [4.78, 5) is 19.1. The van der Waals surface area contributed by atoms with E-state index in [2.05, 4.69) is 20.4 Å². The summed E-state index contributed by atoms with van der Waals surface area (Å²) in [7, 11) is 0. The van der Waals surface area contributed by atoms with E-state index in [0.717, 1.165) is 5.56 Å². The van der Waals surface area contributed by atoms with Crippen LogP contribution in [0.4, 0.5) is 5.95 Å². The molecule has 7 nitrogen and oxygen atoms in total. The van der Waals surface area contributed by atoms with Crippen LogP contribution in [0.5, 0.6) is 0 Å². The van der Waals surface area contributed by atoms with E-state index in [1.165, 1.54) is 6.33 Å². The SMILES string of the molecule is O=C(O)C1=CC(c2cccnc2)n2ncnc2N1. The van der Waals surface area contributed by atoms with Crippen LogP contribution in [0.15, 0.2) is 42.6 Å². The van der Waals surface area contributed by atoms with E-state index in [4.69, 9.17) is 5.11 Å². The summed E-state index contributed by atoms with van der Waals surface area (Å²) in [5.41, 5.74) is 0.939. The van der Waals surface area contributed by atoms with Crippen molar-refractivity contribution < 1.29 is 9.90 Å². The molecule has 0 amide bonds. The summed E-state index contributed by atoms with van der Waals surface area (Å²) in [5.74, 6) is -0.623. The number of carbonyl (C=O) groups is 1. The maximum Gasteiger partial charge on any atom is 0.352 e. The van der Waals surface area contributed by atoms with Crippen molar-refractivity contribution in [3.63, 3.8) is 0 Å². The molecule has 2 N–H and O–H groups in total. The molecule has 0 aliphatic carbocycles. The van der Waals surface area contributed by atoms with Crippen LogP contribution in [0.1, 0.15) is 11.6 Å².